The number of carbonyl (C=O) groups excluding carboxylic acids is 2. The van der Waals surface area contributed by atoms with Gasteiger partial charge in [-0.05, 0) is 25.1 Å². The van der Waals surface area contributed by atoms with E-state index in [4.69, 9.17) is 9.47 Å². The molecule has 0 atom stereocenters. The fourth-order valence-corrected chi connectivity index (χ4v) is 3.78. The second kappa shape index (κ2) is 6.85. The van der Waals surface area contributed by atoms with E-state index >= 15 is 0 Å². The fraction of sp³-hybridized carbons (Fsp3) is 0.450. The molecule has 0 radical (unpaired) electrons. The summed E-state index contributed by atoms with van der Waals surface area (Å²) in [5.41, 5.74) is 1.44. The van der Waals surface area contributed by atoms with Crippen molar-refractivity contribution in [3.05, 3.63) is 41.2 Å². The van der Waals surface area contributed by atoms with Crippen molar-refractivity contribution in [2.45, 2.75) is 25.4 Å². The highest BCUT2D eigenvalue weighted by atomic mass is 16.5. The Balaban J connectivity index is 1.51. The Morgan fingerprint density at radius 2 is 2.07 bits per heavy atom. The summed E-state index contributed by atoms with van der Waals surface area (Å²) in [6.07, 6.45) is 2.90. The average molecular weight is 384 g/mol. The molecule has 0 saturated carbocycles. The van der Waals surface area contributed by atoms with E-state index in [1.165, 1.54) is 0 Å². The Kier molecular flexibility index (Phi) is 4.49. The van der Waals surface area contributed by atoms with Gasteiger partial charge in [0.25, 0.3) is 11.8 Å². The highest BCUT2D eigenvalue weighted by Gasteiger charge is 2.41. The van der Waals surface area contributed by atoms with Gasteiger partial charge in [-0.15, -0.1) is 0 Å². The molecule has 28 heavy (non-hydrogen) atoms. The Morgan fingerprint density at radius 1 is 1.32 bits per heavy atom. The molecule has 8 nitrogen and oxygen atoms in total. The van der Waals surface area contributed by atoms with Crippen LogP contribution in [0.4, 0.5) is 0 Å². The van der Waals surface area contributed by atoms with E-state index in [0.717, 1.165) is 5.69 Å². The number of likely N-dealkylation sites (tertiary alicyclic amines) is 1. The van der Waals surface area contributed by atoms with Gasteiger partial charge in [-0.25, -0.2) is 0 Å². The average Bonchev–Trinajstić information content (AvgIpc) is 2.98. The summed E-state index contributed by atoms with van der Waals surface area (Å²) in [7, 11) is 3.39. The number of hydrogen-bond acceptors (Lipinski definition) is 5. The lowest BCUT2D eigenvalue weighted by atomic mass is 9.90. The van der Waals surface area contributed by atoms with E-state index < -0.39 is 5.60 Å². The lowest BCUT2D eigenvalue weighted by Gasteiger charge is -2.41. The monoisotopic (exact) mass is 384 g/mol. The van der Waals surface area contributed by atoms with Crippen molar-refractivity contribution in [3.63, 3.8) is 0 Å². The van der Waals surface area contributed by atoms with Gasteiger partial charge in [-0.2, -0.15) is 5.10 Å². The second-order valence-electron chi connectivity index (χ2n) is 7.39. The molecule has 3 heterocycles. The third kappa shape index (κ3) is 3.08. The van der Waals surface area contributed by atoms with Gasteiger partial charge >= 0.3 is 0 Å². The van der Waals surface area contributed by atoms with Crippen molar-refractivity contribution in [3.8, 4) is 11.5 Å². The van der Waals surface area contributed by atoms with Crippen molar-refractivity contribution in [2.24, 2.45) is 7.05 Å². The van der Waals surface area contributed by atoms with E-state index in [9.17, 15) is 9.59 Å². The lowest BCUT2D eigenvalue weighted by Crippen LogP contribution is -2.54. The van der Waals surface area contributed by atoms with E-state index in [1.807, 2.05) is 18.9 Å². The minimum Gasteiger partial charge on any atom is -0.497 e. The Labute approximate surface area is 163 Å². The molecular formula is C20H24N4O4. The zero-order chi connectivity index (χ0) is 19.9. The second-order valence-corrected chi connectivity index (χ2v) is 7.39. The molecule has 2 aliphatic heterocycles. The van der Waals surface area contributed by atoms with E-state index in [0.29, 0.717) is 55.1 Å². The molecule has 2 aromatic rings. The van der Waals surface area contributed by atoms with Gasteiger partial charge in [-0.1, -0.05) is 0 Å². The molecule has 1 saturated heterocycles. The quantitative estimate of drug-likeness (QED) is 0.849. The largest absolute Gasteiger partial charge is 0.497 e. The van der Waals surface area contributed by atoms with Crippen LogP contribution in [-0.2, 0) is 7.05 Å². The number of nitrogens with one attached hydrogen (secondary N) is 1. The summed E-state index contributed by atoms with van der Waals surface area (Å²) in [6, 6.07) is 5.25. The van der Waals surface area contributed by atoms with Crippen molar-refractivity contribution < 1.29 is 19.1 Å². The van der Waals surface area contributed by atoms with Gasteiger partial charge in [0, 0.05) is 38.7 Å². The Morgan fingerprint density at radius 3 is 2.71 bits per heavy atom. The van der Waals surface area contributed by atoms with Gasteiger partial charge in [0.05, 0.1) is 31.0 Å². The van der Waals surface area contributed by atoms with Gasteiger partial charge < -0.3 is 19.7 Å². The molecule has 0 bridgehead atoms. The molecule has 8 heteroatoms. The van der Waals surface area contributed by atoms with E-state index in [1.54, 1.807) is 36.2 Å². The first kappa shape index (κ1) is 18.3. The standard InChI is InChI=1S/C20H24N4O4/c1-13-16(11-22-23(13)2)19(26)24-8-6-20(7-9-24)12-21-18(25)15-10-14(27-3)4-5-17(15)28-20/h4-5,10-11H,6-9,12H2,1-3H3,(H,21,25). The molecule has 1 aromatic heterocycles. The summed E-state index contributed by atoms with van der Waals surface area (Å²) < 4.78 is 13.2. The maximum Gasteiger partial charge on any atom is 0.257 e. The van der Waals surface area contributed by atoms with Crippen LogP contribution in [-0.4, -0.2) is 58.8 Å². The molecule has 148 valence electrons. The number of fused-ring (bicyclic) bond motifs is 1. The van der Waals surface area contributed by atoms with E-state index in [-0.39, 0.29) is 11.8 Å². The zero-order valence-corrected chi connectivity index (χ0v) is 16.3. The van der Waals surface area contributed by atoms with Gasteiger partial charge in [0.2, 0.25) is 0 Å². The Hall–Kier alpha value is -3.03. The number of amides is 2. The molecule has 1 fully saturated rings. The maximum atomic E-state index is 12.8. The normalized spacial score (nSPS) is 18.1. The lowest BCUT2D eigenvalue weighted by molar-refractivity contribution is 0.00766. The van der Waals surface area contributed by atoms with Crippen molar-refractivity contribution >= 4 is 11.8 Å². The molecular weight excluding hydrogens is 360 g/mol. The third-order valence-electron chi connectivity index (χ3n) is 5.76. The Bertz CT molecular complexity index is 928. The van der Waals surface area contributed by atoms with Gasteiger partial charge in [0.15, 0.2) is 0 Å². The van der Waals surface area contributed by atoms with Gasteiger partial charge in [0.1, 0.15) is 17.1 Å². The number of methoxy groups -OCH3 is 1. The molecule has 4 rings (SSSR count). The predicted molar refractivity (Wildman–Crippen MR) is 102 cm³/mol. The number of nitrogens with zero attached hydrogens (tertiary/aromatic N) is 3. The smallest absolute Gasteiger partial charge is 0.257 e. The molecule has 2 amide bonds. The highest BCUT2D eigenvalue weighted by molar-refractivity contribution is 5.98. The van der Waals surface area contributed by atoms with Crippen molar-refractivity contribution in [2.75, 3.05) is 26.7 Å². The first-order chi connectivity index (χ1) is 13.4. The van der Waals surface area contributed by atoms with Crippen LogP contribution in [0.25, 0.3) is 0 Å². The molecule has 1 spiro atoms. The van der Waals surface area contributed by atoms with Crippen molar-refractivity contribution in [1.29, 1.82) is 0 Å². The number of ether oxygens (including phenoxy) is 2. The number of benzene rings is 1. The van der Waals surface area contributed by atoms with Crippen LogP contribution in [0.5, 0.6) is 11.5 Å². The summed E-state index contributed by atoms with van der Waals surface area (Å²) in [6.45, 7) is 3.43. The predicted octanol–water partition coefficient (Wildman–Crippen LogP) is 1.53. The summed E-state index contributed by atoms with van der Waals surface area (Å²) in [4.78, 5) is 27.2. The highest BCUT2D eigenvalue weighted by Crippen LogP contribution is 2.35. The number of carbonyl (C=O) groups is 2. The van der Waals surface area contributed by atoms with Crippen molar-refractivity contribution in [1.82, 2.24) is 20.0 Å². The minimum atomic E-state index is -0.518. The fourth-order valence-electron chi connectivity index (χ4n) is 3.78. The van der Waals surface area contributed by atoms with Crippen LogP contribution in [0.2, 0.25) is 0 Å². The summed E-state index contributed by atoms with van der Waals surface area (Å²) in [5.74, 6) is 0.984. The number of piperidine rings is 1. The van der Waals surface area contributed by atoms with Crippen LogP contribution in [0.1, 0.15) is 39.3 Å². The molecule has 0 aliphatic carbocycles. The van der Waals surface area contributed by atoms with Crippen LogP contribution < -0.4 is 14.8 Å². The maximum absolute atomic E-state index is 12.8. The van der Waals surface area contributed by atoms with Crippen LogP contribution in [0, 0.1) is 6.92 Å². The van der Waals surface area contributed by atoms with Crippen LogP contribution in [0.3, 0.4) is 0 Å². The molecule has 2 aliphatic rings. The number of aromatic nitrogens is 2. The molecule has 1 aromatic carbocycles. The minimum absolute atomic E-state index is 0.0109. The topological polar surface area (TPSA) is 85.7 Å². The van der Waals surface area contributed by atoms with E-state index in [2.05, 4.69) is 10.4 Å². The number of aryl methyl sites for hydroxylation is 1. The molecule has 0 unspecified atom stereocenters. The van der Waals surface area contributed by atoms with Crippen LogP contribution >= 0.6 is 0 Å². The first-order valence-electron chi connectivity index (χ1n) is 9.35. The number of hydrogen-bond donors (Lipinski definition) is 1. The first-order valence-corrected chi connectivity index (χ1v) is 9.35. The third-order valence-corrected chi connectivity index (χ3v) is 5.76. The number of rotatable bonds is 2. The van der Waals surface area contributed by atoms with Crippen LogP contribution in [0.15, 0.2) is 24.4 Å². The molecule has 1 N–H and O–H groups in total. The van der Waals surface area contributed by atoms with Gasteiger partial charge in [-0.3, -0.25) is 14.3 Å². The summed E-state index contributed by atoms with van der Waals surface area (Å²) in [5, 5.41) is 7.13. The SMILES string of the molecule is COc1ccc2c(c1)C(=O)NCC1(CCN(C(=O)c3cnn(C)c3C)CC1)O2. The zero-order valence-electron chi connectivity index (χ0n) is 16.3. The summed E-state index contributed by atoms with van der Waals surface area (Å²) >= 11 is 0.